The van der Waals surface area contributed by atoms with Crippen LogP contribution in [0.3, 0.4) is 0 Å². The third-order valence-corrected chi connectivity index (χ3v) is 4.75. The molecule has 3 unspecified atom stereocenters. The van der Waals surface area contributed by atoms with E-state index >= 15 is 0 Å². The van der Waals surface area contributed by atoms with E-state index in [9.17, 15) is 0 Å². The zero-order valence-electron chi connectivity index (χ0n) is 12.5. The molecule has 1 aromatic carbocycles. The van der Waals surface area contributed by atoms with Crippen molar-refractivity contribution in [3.8, 4) is 0 Å². The molecule has 0 bridgehead atoms. The van der Waals surface area contributed by atoms with Gasteiger partial charge in [-0.2, -0.15) is 0 Å². The summed E-state index contributed by atoms with van der Waals surface area (Å²) in [7, 11) is 0. The summed E-state index contributed by atoms with van der Waals surface area (Å²) in [6.07, 6.45) is 1.15. The highest BCUT2D eigenvalue weighted by atomic mass is 35.5. The van der Waals surface area contributed by atoms with Gasteiger partial charge in [0.15, 0.2) is 0 Å². The molecule has 0 spiro atoms. The van der Waals surface area contributed by atoms with Gasteiger partial charge in [-0.3, -0.25) is 0 Å². The number of ether oxygens (including phenoxy) is 1. The number of halogens is 1. The molecule has 20 heavy (non-hydrogen) atoms. The summed E-state index contributed by atoms with van der Waals surface area (Å²) in [6, 6.07) is 6.40. The highest BCUT2D eigenvalue weighted by Gasteiger charge is 2.41. The fourth-order valence-electron chi connectivity index (χ4n) is 3.13. The van der Waals surface area contributed by atoms with Gasteiger partial charge in [0.05, 0.1) is 28.1 Å². The van der Waals surface area contributed by atoms with E-state index in [2.05, 4.69) is 43.5 Å². The maximum atomic E-state index is 6.38. The predicted molar refractivity (Wildman–Crippen MR) is 82.4 cm³/mol. The van der Waals surface area contributed by atoms with Crippen LogP contribution in [0, 0.1) is 6.92 Å². The molecule has 2 heterocycles. The molecule has 3 nitrogen and oxygen atoms in total. The van der Waals surface area contributed by atoms with Crippen molar-refractivity contribution in [1.82, 2.24) is 9.55 Å². The minimum atomic E-state index is -0.118. The quantitative estimate of drug-likeness (QED) is 0.777. The van der Waals surface area contributed by atoms with Gasteiger partial charge >= 0.3 is 0 Å². The van der Waals surface area contributed by atoms with Gasteiger partial charge in [-0.1, -0.05) is 6.07 Å². The Labute approximate surface area is 124 Å². The lowest BCUT2D eigenvalue weighted by molar-refractivity contribution is 0.0763. The fourth-order valence-corrected chi connectivity index (χ4v) is 3.28. The van der Waals surface area contributed by atoms with E-state index in [1.165, 1.54) is 5.56 Å². The third-order valence-electron chi connectivity index (χ3n) is 4.55. The first-order chi connectivity index (χ1) is 9.43. The van der Waals surface area contributed by atoms with Crippen LogP contribution in [0.2, 0.25) is 0 Å². The van der Waals surface area contributed by atoms with Crippen LogP contribution in [0.1, 0.15) is 44.0 Å². The smallest absolute Gasteiger partial charge is 0.128 e. The van der Waals surface area contributed by atoms with Crippen LogP contribution in [0.15, 0.2) is 18.2 Å². The van der Waals surface area contributed by atoms with Crippen LogP contribution in [-0.2, 0) is 10.3 Å². The Hall–Kier alpha value is -1.06. The number of fused-ring (bicyclic) bond motifs is 1. The van der Waals surface area contributed by atoms with Crippen LogP contribution in [0.25, 0.3) is 11.0 Å². The van der Waals surface area contributed by atoms with Crippen molar-refractivity contribution >= 4 is 22.6 Å². The monoisotopic (exact) mass is 292 g/mol. The van der Waals surface area contributed by atoms with Crippen molar-refractivity contribution in [1.29, 1.82) is 0 Å². The summed E-state index contributed by atoms with van der Waals surface area (Å²) in [4.78, 5) is 4.77. The molecule has 1 fully saturated rings. The number of rotatable bonds is 2. The van der Waals surface area contributed by atoms with Crippen LogP contribution < -0.4 is 0 Å². The SMILES string of the molecule is Cc1ccc2c(c1)nc(C(C)Cl)n2C1(C)CCOC1C. The summed E-state index contributed by atoms with van der Waals surface area (Å²) in [5.41, 5.74) is 3.31. The van der Waals surface area contributed by atoms with Crippen LogP contribution >= 0.6 is 11.6 Å². The van der Waals surface area contributed by atoms with Crippen LogP contribution in [-0.4, -0.2) is 22.3 Å². The van der Waals surface area contributed by atoms with Gasteiger partial charge in [-0.15, -0.1) is 11.6 Å². The summed E-state index contributed by atoms with van der Waals surface area (Å²) < 4.78 is 8.11. The molecule has 1 aliphatic heterocycles. The van der Waals surface area contributed by atoms with Gasteiger partial charge in [-0.25, -0.2) is 4.98 Å². The number of hydrogen-bond acceptors (Lipinski definition) is 2. The molecule has 1 aliphatic rings. The highest BCUT2D eigenvalue weighted by Crippen LogP contribution is 2.39. The lowest BCUT2D eigenvalue weighted by Crippen LogP contribution is -2.38. The molecule has 0 saturated carbocycles. The van der Waals surface area contributed by atoms with Crippen molar-refractivity contribution in [3.63, 3.8) is 0 Å². The molecular weight excluding hydrogens is 272 g/mol. The zero-order valence-corrected chi connectivity index (χ0v) is 13.2. The van der Waals surface area contributed by atoms with E-state index in [4.69, 9.17) is 21.3 Å². The Morgan fingerprint density at radius 2 is 2.25 bits per heavy atom. The number of aromatic nitrogens is 2. The Kier molecular flexibility index (Phi) is 3.30. The normalized spacial score (nSPS) is 28.1. The van der Waals surface area contributed by atoms with Gasteiger partial charge in [0, 0.05) is 6.61 Å². The molecule has 0 radical (unpaired) electrons. The lowest BCUT2D eigenvalue weighted by atomic mass is 9.93. The van der Waals surface area contributed by atoms with Crippen LogP contribution in [0.5, 0.6) is 0 Å². The molecule has 108 valence electrons. The molecule has 2 aromatic rings. The second-order valence-electron chi connectivity index (χ2n) is 6.03. The Balaban J connectivity index is 2.29. The average molecular weight is 293 g/mol. The van der Waals surface area contributed by atoms with Crippen LogP contribution in [0.4, 0.5) is 0 Å². The van der Waals surface area contributed by atoms with Crippen molar-refractivity contribution < 1.29 is 4.74 Å². The van der Waals surface area contributed by atoms with Crippen molar-refractivity contribution in [2.24, 2.45) is 0 Å². The van der Waals surface area contributed by atoms with E-state index in [0.29, 0.717) is 0 Å². The minimum absolute atomic E-state index is 0.0809. The van der Waals surface area contributed by atoms with Gasteiger partial charge in [-0.05, 0) is 51.8 Å². The van der Waals surface area contributed by atoms with Gasteiger partial charge in [0.1, 0.15) is 5.82 Å². The number of hydrogen-bond donors (Lipinski definition) is 0. The zero-order chi connectivity index (χ0) is 14.5. The number of alkyl halides is 1. The van der Waals surface area contributed by atoms with Gasteiger partial charge < -0.3 is 9.30 Å². The maximum absolute atomic E-state index is 6.38. The second-order valence-corrected chi connectivity index (χ2v) is 6.69. The molecular formula is C16H21ClN2O. The second kappa shape index (κ2) is 4.74. The van der Waals surface area contributed by atoms with Crippen molar-refractivity contribution in [3.05, 3.63) is 29.6 Å². The van der Waals surface area contributed by atoms with E-state index in [1.54, 1.807) is 0 Å². The van der Waals surface area contributed by atoms with Crippen molar-refractivity contribution in [2.45, 2.75) is 51.1 Å². The first kappa shape index (κ1) is 13.9. The molecule has 0 aliphatic carbocycles. The maximum Gasteiger partial charge on any atom is 0.128 e. The molecule has 0 amide bonds. The Bertz CT molecular complexity index is 649. The van der Waals surface area contributed by atoms with E-state index in [0.717, 1.165) is 29.9 Å². The molecule has 3 rings (SSSR count). The molecule has 1 aromatic heterocycles. The largest absolute Gasteiger partial charge is 0.376 e. The molecule has 1 saturated heterocycles. The third kappa shape index (κ3) is 1.95. The van der Waals surface area contributed by atoms with E-state index < -0.39 is 0 Å². The summed E-state index contributed by atoms with van der Waals surface area (Å²) in [5, 5.41) is -0.118. The average Bonchev–Trinajstić information content (AvgIpc) is 2.91. The lowest BCUT2D eigenvalue weighted by Gasteiger charge is -2.32. The fraction of sp³-hybridized carbons (Fsp3) is 0.562. The number of benzene rings is 1. The number of nitrogens with zero attached hydrogens (tertiary/aromatic N) is 2. The van der Waals surface area contributed by atoms with E-state index in [-0.39, 0.29) is 17.0 Å². The standard InChI is InChI=1S/C16H21ClN2O/c1-10-5-6-14-13(9-10)18-15(11(2)17)19(14)16(4)7-8-20-12(16)3/h5-6,9,11-12H,7-8H2,1-4H3. The van der Waals surface area contributed by atoms with Gasteiger partial charge in [0.2, 0.25) is 0 Å². The summed E-state index contributed by atoms with van der Waals surface area (Å²) in [6.45, 7) is 9.24. The predicted octanol–water partition coefficient (Wildman–Crippen LogP) is 4.17. The van der Waals surface area contributed by atoms with E-state index in [1.807, 2.05) is 6.92 Å². The summed E-state index contributed by atoms with van der Waals surface area (Å²) in [5.74, 6) is 0.937. The van der Waals surface area contributed by atoms with Crippen molar-refractivity contribution in [2.75, 3.05) is 6.61 Å². The Morgan fingerprint density at radius 1 is 1.50 bits per heavy atom. The highest BCUT2D eigenvalue weighted by molar-refractivity contribution is 6.20. The summed E-state index contributed by atoms with van der Waals surface area (Å²) >= 11 is 6.38. The molecule has 3 atom stereocenters. The first-order valence-corrected chi connectivity index (χ1v) is 7.62. The Morgan fingerprint density at radius 3 is 2.85 bits per heavy atom. The van der Waals surface area contributed by atoms with Gasteiger partial charge in [0.25, 0.3) is 0 Å². The molecule has 4 heteroatoms. The topological polar surface area (TPSA) is 27.1 Å². The first-order valence-electron chi connectivity index (χ1n) is 7.18. The minimum Gasteiger partial charge on any atom is -0.376 e. The number of aryl methyl sites for hydroxylation is 1. The number of imidazole rings is 1. The molecule has 0 N–H and O–H groups in total.